The monoisotopic (exact) mass is 413 g/mol. The molecule has 5 rings (SSSR count). The summed E-state index contributed by atoms with van der Waals surface area (Å²) in [6.45, 7) is 0. The number of nitro benzene ring substituents is 1. The van der Waals surface area contributed by atoms with Gasteiger partial charge in [0.05, 0.1) is 11.0 Å². The number of piperidine rings is 1. The first-order valence-corrected chi connectivity index (χ1v) is 11.1. The van der Waals surface area contributed by atoms with Crippen LogP contribution in [0.4, 0.5) is 11.4 Å². The molecule has 2 aliphatic heterocycles. The fourth-order valence-electron chi connectivity index (χ4n) is 5.53. The molecule has 0 aliphatic carbocycles. The second-order valence-corrected chi connectivity index (χ2v) is 8.64. The van der Waals surface area contributed by atoms with E-state index in [1.807, 2.05) is 12.1 Å². The molecule has 2 heterocycles. The van der Waals surface area contributed by atoms with Crippen LogP contribution in [-0.4, -0.2) is 27.9 Å². The summed E-state index contributed by atoms with van der Waals surface area (Å²) >= 11 is 0. The Labute approximate surface area is 182 Å². The summed E-state index contributed by atoms with van der Waals surface area (Å²) in [6.07, 6.45) is 4.35. The number of rotatable bonds is 6. The van der Waals surface area contributed by atoms with Crippen LogP contribution < -0.4 is 5.32 Å². The van der Waals surface area contributed by atoms with Crippen molar-refractivity contribution in [1.82, 2.24) is 4.90 Å². The van der Waals surface area contributed by atoms with E-state index in [2.05, 4.69) is 70.9 Å². The SMILES string of the molecule is O=[N+]([O-])c1ccccc1NC1CC2CC[C@@H](C1)N2C(c1ccccc1)c1ccccc1. The van der Waals surface area contributed by atoms with Crippen LogP contribution in [-0.2, 0) is 0 Å². The minimum atomic E-state index is -0.299. The van der Waals surface area contributed by atoms with Gasteiger partial charge in [0.25, 0.3) is 5.69 Å². The average molecular weight is 414 g/mol. The number of benzene rings is 3. The van der Waals surface area contributed by atoms with Gasteiger partial charge in [-0.2, -0.15) is 0 Å². The maximum absolute atomic E-state index is 11.4. The lowest BCUT2D eigenvalue weighted by Gasteiger charge is -2.44. The van der Waals surface area contributed by atoms with Crippen molar-refractivity contribution in [3.63, 3.8) is 0 Å². The minimum Gasteiger partial charge on any atom is -0.377 e. The second-order valence-electron chi connectivity index (χ2n) is 8.64. The zero-order chi connectivity index (χ0) is 21.2. The zero-order valence-corrected chi connectivity index (χ0v) is 17.4. The fourth-order valence-corrected chi connectivity index (χ4v) is 5.53. The number of fused-ring (bicyclic) bond motifs is 2. The van der Waals surface area contributed by atoms with Crippen molar-refractivity contribution >= 4 is 11.4 Å². The number of nitrogens with zero attached hydrogens (tertiary/aromatic N) is 2. The molecule has 5 heteroatoms. The second kappa shape index (κ2) is 8.52. The van der Waals surface area contributed by atoms with E-state index in [-0.39, 0.29) is 22.7 Å². The summed E-state index contributed by atoms with van der Waals surface area (Å²) < 4.78 is 0. The Morgan fingerprint density at radius 3 is 1.87 bits per heavy atom. The molecule has 0 aromatic heterocycles. The summed E-state index contributed by atoms with van der Waals surface area (Å²) in [4.78, 5) is 13.8. The van der Waals surface area contributed by atoms with Crippen LogP contribution in [0.2, 0.25) is 0 Å². The fraction of sp³-hybridized carbons (Fsp3) is 0.308. The van der Waals surface area contributed by atoms with Crippen molar-refractivity contribution in [2.75, 3.05) is 5.32 Å². The molecule has 31 heavy (non-hydrogen) atoms. The molecule has 2 saturated heterocycles. The lowest BCUT2D eigenvalue weighted by Crippen LogP contribution is -2.48. The third kappa shape index (κ3) is 3.93. The van der Waals surface area contributed by atoms with Crippen LogP contribution in [0.5, 0.6) is 0 Å². The highest BCUT2D eigenvalue weighted by molar-refractivity contribution is 5.61. The molecule has 2 bridgehead atoms. The van der Waals surface area contributed by atoms with Gasteiger partial charge >= 0.3 is 0 Å². The van der Waals surface area contributed by atoms with E-state index < -0.39 is 0 Å². The van der Waals surface area contributed by atoms with E-state index in [0.29, 0.717) is 17.8 Å². The van der Waals surface area contributed by atoms with E-state index in [1.54, 1.807) is 12.1 Å². The lowest BCUT2D eigenvalue weighted by molar-refractivity contribution is -0.384. The van der Waals surface area contributed by atoms with Crippen LogP contribution in [0.1, 0.15) is 42.9 Å². The molecule has 3 aromatic rings. The van der Waals surface area contributed by atoms with Crippen molar-refractivity contribution < 1.29 is 4.92 Å². The number of hydrogen-bond acceptors (Lipinski definition) is 4. The zero-order valence-electron chi connectivity index (χ0n) is 17.4. The van der Waals surface area contributed by atoms with Crippen molar-refractivity contribution in [2.24, 2.45) is 0 Å². The van der Waals surface area contributed by atoms with E-state index in [4.69, 9.17) is 0 Å². The number of anilines is 1. The van der Waals surface area contributed by atoms with E-state index >= 15 is 0 Å². The highest BCUT2D eigenvalue weighted by atomic mass is 16.6. The molecular weight excluding hydrogens is 386 g/mol. The molecular formula is C26H27N3O2. The first-order valence-electron chi connectivity index (χ1n) is 11.1. The van der Waals surface area contributed by atoms with Gasteiger partial charge in [-0.3, -0.25) is 15.0 Å². The number of hydrogen-bond donors (Lipinski definition) is 1. The summed E-state index contributed by atoms with van der Waals surface area (Å²) in [6, 6.07) is 30.0. The molecule has 2 unspecified atom stereocenters. The topological polar surface area (TPSA) is 58.4 Å². The van der Waals surface area contributed by atoms with E-state index in [0.717, 1.165) is 12.8 Å². The van der Waals surface area contributed by atoms with Gasteiger partial charge in [0.2, 0.25) is 0 Å². The predicted molar refractivity (Wildman–Crippen MR) is 123 cm³/mol. The van der Waals surface area contributed by atoms with Gasteiger partial charge < -0.3 is 5.32 Å². The van der Waals surface area contributed by atoms with E-state index in [9.17, 15) is 10.1 Å². The minimum absolute atomic E-state index is 0.156. The molecule has 0 amide bonds. The van der Waals surface area contributed by atoms with Crippen molar-refractivity contribution in [2.45, 2.75) is 49.9 Å². The number of nitro groups is 1. The Kier molecular flexibility index (Phi) is 5.43. The van der Waals surface area contributed by atoms with Crippen molar-refractivity contribution in [1.29, 1.82) is 0 Å². The van der Waals surface area contributed by atoms with Gasteiger partial charge in [0.1, 0.15) is 5.69 Å². The number of nitrogens with one attached hydrogen (secondary N) is 1. The summed E-state index contributed by atoms with van der Waals surface area (Å²) in [5.41, 5.74) is 3.45. The van der Waals surface area contributed by atoms with Gasteiger partial charge in [-0.15, -0.1) is 0 Å². The highest BCUT2D eigenvalue weighted by Crippen LogP contribution is 2.45. The molecule has 2 fully saturated rings. The van der Waals surface area contributed by atoms with E-state index in [1.165, 1.54) is 24.0 Å². The molecule has 3 aromatic carbocycles. The van der Waals surface area contributed by atoms with Crippen molar-refractivity contribution in [3.05, 3.63) is 106 Å². The molecule has 3 atom stereocenters. The molecule has 158 valence electrons. The summed E-state index contributed by atoms with van der Waals surface area (Å²) in [5, 5.41) is 14.9. The summed E-state index contributed by atoms with van der Waals surface area (Å²) in [7, 11) is 0. The maximum atomic E-state index is 11.4. The van der Waals surface area contributed by atoms with Crippen molar-refractivity contribution in [3.8, 4) is 0 Å². The average Bonchev–Trinajstić information content (AvgIpc) is 3.05. The third-order valence-electron chi connectivity index (χ3n) is 6.78. The smallest absolute Gasteiger partial charge is 0.292 e. The predicted octanol–water partition coefficient (Wildman–Crippen LogP) is 5.79. The van der Waals surface area contributed by atoms with Gasteiger partial charge in [-0.25, -0.2) is 0 Å². The third-order valence-corrected chi connectivity index (χ3v) is 6.78. The van der Waals surface area contributed by atoms with Crippen LogP contribution in [0.25, 0.3) is 0 Å². The van der Waals surface area contributed by atoms with Gasteiger partial charge in [0, 0.05) is 24.2 Å². The van der Waals surface area contributed by atoms with Crippen LogP contribution in [0.15, 0.2) is 84.9 Å². The quantitative estimate of drug-likeness (QED) is 0.410. The van der Waals surface area contributed by atoms with Gasteiger partial charge in [-0.1, -0.05) is 72.8 Å². The molecule has 2 aliphatic rings. The maximum Gasteiger partial charge on any atom is 0.292 e. The molecule has 1 N–H and O–H groups in total. The Bertz CT molecular complexity index is 987. The molecule has 0 radical (unpaired) electrons. The van der Waals surface area contributed by atoms with Crippen LogP contribution in [0, 0.1) is 10.1 Å². The molecule has 5 nitrogen and oxygen atoms in total. The van der Waals surface area contributed by atoms with Crippen LogP contribution >= 0.6 is 0 Å². The highest BCUT2D eigenvalue weighted by Gasteiger charge is 2.44. The van der Waals surface area contributed by atoms with Gasteiger partial charge in [0.15, 0.2) is 0 Å². The standard InChI is InChI=1S/C26H27N3O2/c30-29(31)25-14-8-7-13-24(25)27-21-17-22-15-16-23(18-21)28(22)26(19-9-3-1-4-10-19)20-11-5-2-6-12-20/h1-14,21-23,26-27H,15-18H2/t21?,22-,23?/m0/s1. The number of para-hydroxylation sites is 2. The Balaban J connectivity index is 1.41. The Hall–Kier alpha value is -3.18. The lowest BCUT2D eigenvalue weighted by atomic mass is 9.89. The van der Waals surface area contributed by atoms with Crippen LogP contribution in [0.3, 0.4) is 0 Å². The first kappa shape index (κ1) is 19.8. The summed E-state index contributed by atoms with van der Waals surface area (Å²) in [5.74, 6) is 0. The Morgan fingerprint density at radius 1 is 0.806 bits per heavy atom. The Morgan fingerprint density at radius 2 is 1.32 bits per heavy atom. The van der Waals surface area contributed by atoms with Gasteiger partial charge in [-0.05, 0) is 42.9 Å². The molecule has 0 spiro atoms. The normalized spacial score (nSPS) is 23.1. The first-order chi connectivity index (χ1) is 15.2. The largest absolute Gasteiger partial charge is 0.377 e. The molecule has 0 saturated carbocycles.